The van der Waals surface area contributed by atoms with Crippen LogP contribution in [-0.2, 0) is 0 Å². The number of hydrogen-bond donors (Lipinski definition) is 0. The van der Waals surface area contributed by atoms with Crippen molar-refractivity contribution in [3.8, 4) is 22.8 Å². The van der Waals surface area contributed by atoms with Crippen molar-refractivity contribution in [3.05, 3.63) is 35.5 Å². The standard InChI is InChI=1S/C18H18N2O5/c1-9(2)16-15-12(18(21)22)8-13(19-17(15)25-20-16)11-7-10(23-3)5-6-14(11)24-4/h5-9H,1-4H3,(H,21,22)/p-1. The van der Waals surface area contributed by atoms with Crippen molar-refractivity contribution in [2.24, 2.45) is 0 Å². The van der Waals surface area contributed by atoms with Gasteiger partial charge in [-0.15, -0.1) is 0 Å². The first-order chi connectivity index (χ1) is 12.0. The minimum Gasteiger partial charge on any atom is -0.545 e. The number of hydrogen-bond acceptors (Lipinski definition) is 7. The lowest BCUT2D eigenvalue weighted by Gasteiger charge is -2.12. The lowest BCUT2D eigenvalue weighted by atomic mass is 10.0. The molecule has 1 aromatic carbocycles. The SMILES string of the molecule is COc1ccc(OC)c(-c2cc(C(=O)[O-])c3c(C(C)C)noc3n2)c1. The number of nitrogens with zero attached hydrogens (tertiary/aromatic N) is 2. The van der Waals surface area contributed by atoms with Crippen LogP contribution in [-0.4, -0.2) is 30.3 Å². The van der Waals surface area contributed by atoms with Crippen LogP contribution in [0.3, 0.4) is 0 Å². The fourth-order valence-electron chi connectivity index (χ4n) is 2.68. The number of rotatable bonds is 5. The Bertz CT molecular complexity index is 946. The van der Waals surface area contributed by atoms with E-state index in [0.717, 1.165) is 0 Å². The van der Waals surface area contributed by atoms with Gasteiger partial charge in [-0.1, -0.05) is 19.0 Å². The second-order valence-corrected chi connectivity index (χ2v) is 5.81. The van der Waals surface area contributed by atoms with Gasteiger partial charge in [0.05, 0.1) is 37.0 Å². The minimum atomic E-state index is -1.32. The highest BCUT2D eigenvalue weighted by Gasteiger charge is 2.20. The summed E-state index contributed by atoms with van der Waals surface area (Å²) >= 11 is 0. The van der Waals surface area contributed by atoms with Gasteiger partial charge in [-0.3, -0.25) is 0 Å². The molecule has 0 unspecified atom stereocenters. The van der Waals surface area contributed by atoms with E-state index in [1.807, 2.05) is 13.8 Å². The average molecular weight is 341 g/mol. The third-order valence-corrected chi connectivity index (χ3v) is 3.92. The number of carboxylic acids is 1. The normalized spacial score (nSPS) is 11.1. The van der Waals surface area contributed by atoms with Crippen molar-refractivity contribution in [1.82, 2.24) is 10.1 Å². The molecule has 3 rings (SSSR count). The van der Waals surface area contributed by atoms with Crippen molar-refractivity contribution >= 4 is 17.1 Å². The number of carboxylic acid groups (broad SMARTS) is 1. The smallest absolute Gasteiger partial charge is 0.259 e. The molecule has 0 amide bonds. The molecule has 7 heteroatoms. The summed E-state index contributed by atoms with van der Waals surface area (Å²) in [6.07, 6.45) is 0. The second-order valence-electron chi connectivity index (χ2n) is 5.81. The maximum atomic E-state index is 11.7. The summed E-state index contributed by atoms with van der Waals surface area (Å²) < 4.78 is 15.8. The Morgan fingerprint density at radius 2 is 1.96 bits per heavy atom. The number of benzene rings is 1. The first kappa shape index (κ1) is 16.8. The third-order valence-electron chi connectivity index (χ3n) is 3.92. The van der Waals surface area contributed by atoms with Crippen LogP contribution in [0.5, 0.6) is 11.5 Å². The van der Waals surface area contributed by atoms with Crippen molar-refractivity contribution in [2.75, 3.05) is 14.2 Å². The molecule has 0 bridgehead atoms. The summed E-state index contributed by atoms with van der Waals surface area (Å²) in [4.78, 5) is 16.1. The summed E-state index contributed by atoms with van der Waals surface area (Å²) in [5.74, 6) is -0.215. The van der Waals surface area contributed by atoms with E-state index in [1.165, 1.54) is 13.2 Å². The number of fused-ring (bicyclic) bond motifs is 1. The Kier molecular flexibility index (Phi) is 4.31. The summed E-state index contributed by atoms with van der Waals surface area (Å²) in [7, 11) is 3.06. The zero-order valence-corrected chi connectivity index (χ0v) is 14.3. The molecule has 0 saturated heterocycles. The van der Waals surface area contributed by atoms with Gasteiger partial charge in [0.2, 0.25) is 0 Å². The van der Waals surface area contributed by atoms with Crippen LogP contribution in [0, 0.1) is 0 Å². The van der Waals surface area contributed by atoms with Crippen molar-refractivity contribution in [1.29, 1.82) is 0 Å². The molecule has 2 heterocycles. The maximum Gasteiger partial charge on any atom is 0.259 e. The van der Waals surface area contributed by atoms with Crippen LogP contribution in [0.2, 0.25) is 0 Å². The van der Waals surface area contributed by atoms with E-state index in [4.69, 9.17) is 14.0 Å². The zero-order valence-electron chi connectivity index (χ0n) is 14.3. The molecule has 0 atom stereocenters. The molecule has 0 N–H and O–H groups in total. The average Bonchev–Trinajstić information content (AvgIpc) is 3.04. The number of aromatic nitrogens is 2. The Morgan fingerprint density at radius 1 is 1.20 bits per heavy atom. The quantitative estimate of drug-likeness (QED) is 0.703. The van der Waals surface area contributed by atoms with Gasteiger partial charge in [-0.2, -0.15) is 0 Å². The van der Waals surface area contributed by atoms with Gasteiger partial charge >= 0.3 is 0 Å². The highest BCUT2D eigenvalue weighted by molar-refractivity contribution is 6.02. The Balaban J connectivity index is 2.30. The van der Waals surface area contributed by atoms with E-state index in [2.05, 4.69) is 10.1 Å². The van der Waals surface area contributed by atoms with Crippen molar-refractivity contribution in [2.45, 2.75) is 19.8 Å². The Labute approximate surface area is 144 Å². The van der Waals surface area contributed by atoms with Crippen LogP contribution in [0.4, 0.5) is 0 Å². The van der Waals surface area contributed by atoms with E-state index in [9.17, 15) is 9.90 Å². The Hall–Kier alpha value is -3.09. The van der Waals surface area contributed by atoms with Gasteiger partial charge in [-0.25, -0.2) is 4.98 Å². The van der Waals surface area contributed by atoms with Crippen LogP contribution in [0.25, 0.3) is 22.4 Å². The molecule has 0 radical (unpaired) electrons. The van der Waals surface area contributed by atoms with Crippen LogP contribution < -0.4 is 14.6 Å². The molecule has 0 saturated carbocycles. The molecule has 0 aliphatic heterocycles. The van der Waals surface area contributed by atoms with Gasteiger partial charge < -0.3 is 23.9 Å². The van der Waals surface area contributed by atoms with Gasteiger partial charge in [0.25, 0.3) is 5.71 Å². The molecule has 3 aromatic rings. The molecular formula is C18H17N2O5-. The number of carbonyl (C=O) groups excluding carboxylic acids is 1. The molecule has 25 heavy (non-hydrogen) atoms. The van der Waals surface area contributed by atoms with Crippen molar-refractivity contribution < 1.29 is 23.9 Å². The summed E-state index contributed by atoms with van der Waals surface area (Å²) in [5.41, 5.74) is 1.61. The molecule has 130 valence electrons. The van der Waals surface area contributed by atoms with E-state index >= 15 is 0 Å². The number of carbonyl (C=O) groups is 1. The number of aromatic carboxylic acids is 1. The van der Waals surface area contributed by atoms with Crippen LogP contribution >= 0.6 is 0 Å². The third kappa shape index (κ3) is 2.88. The van der Waals surface area contributed by atoms with E-state index in [-0.39, 0.29) is 17.2 Å². The molecule has 0 spiro atoms. The molecule has 2 aromatic heterocycles. The van der Waals surface area contributed by atoms with E-state index < -0.39 is 5.97 Å². The van der Waals surface area contributed by atoms with E-state index in [0.29, 0.717) is 33.8 Å². The minimum absolute atomic E-state index is 0.0154. The van der Waals surface area contributed by atoms with Crippen LogP contribution in [0.1, 0.15) is 35.8 Å². The molecule has 0 fully saturated rings. The maximum absolute atomic E-state index is 11.7. The number of ether oxygens (including phenoxy) is 2. The van der Waals surface area contributed by atoms with Crippen molar-refractivity contribution in [3.63, 3.8) is 0 Å². The first-order valence-corrected chi connectivity index (χ1v) is 7.70. The zero-order chi connectivity index (χ0) is 18.1. The fraction of sp³-hybridized carbons (Fsp3) is 0.278. The predicted molar refractivity (Wildman–Crippen MR) is 88.8 cm³/mol. The first-order valence-electron chi connectivity index (χ1n) is 7.70. The molecule has 7 nitrogen and oxygen atoms in total. The largest absolute Gasteiger partial charge is 0.545 e. The lowest BCUT2D eigenvalue weighted by molar-refractivity contribution is -0.254. The van der Waals surface area contributed by atoms with E-state index in [1.54, 1.807) is 25.3 Å². The van der Waals surface area contributed by atoms with Gasteiger partial charge in [0.1, 0.15) is 11.5 Å². The van der Waals surface area contributed by atoms with Gasteiger partial charge in [-0.05, 0) is 30.2 Å². The molecule has 0 aliphatic carbocycles. The Morgan fingerprint density at radius 3 is 2.56 bits per heavy atom. The van der Waals surface area contributed by atoms with Crippen LogP contribution in [0.15, 0.2) is 28.8 Å². The second kappa shape index (κ2) is 6.43. The summed E-state index contributed by atoms with van der Waals surface area (Å²) in [5, 5.41) is 16.0. The predicted octanol–water partition coefficient (Wildman–Crippen LogP) is 2.39. The molecular weight excluding hydrogens is 324 g/mol. The van der Waals surface area contributed by atoms with Gasteiger partial charge in [0, 0.05) is 11.1 Å². The summed E-state index contributed by atoms with van der Waals surface area (Å²) in [6, 6.07) is 6.62. The number of pyridine rings is 1. The fourth-order valence-corrected chi connectivity index (χ4v) is 2.68. The molecule has 0 aliphatic rings. The lowest BCUT2D eigenvalue weighted by Crippen LogP contribution is -2.23. The number of methoxy groups -OCH3 is 2. The highest BCUT2D eigenvalue weighted by Crippen LogP contribution is 2.35. The monoisotopic (exact) mass is 341 g/mol. The van der Waals surface area contributed by atoms with Gasteiger partial charge in [0.15, 0.2) is 0 Å². The summed E-state index contributed by atoms with van der Waals surface area (Å²) in [6.45, 7) is 3.80. The highest BCUT2D eigenvalue weighted by atomic mass is 16.5. The topological polar surface area (TPSA) is 97.5 Å².